The van der Waals surface area contributed by atoms with Crippen LogP contribution in [0.2, 0.25) is 5.15 Å². The van der Waals surface area contributed by atoms with Crippen molar-refractivity contribution in [1.82, 2.24) is 9.78 Å². The topological polar surface area (TPSA) is 43.8 Å². The van der Waals surface area contributed by atoms with Crippen molar-refractivity contribution < 1.29 is 13.2 Å². The number of hydrogen-bond donors (Lipinski definition) is 1. The van der Waals surface area contributed by atoms with Crippen LogP contribution in [0, 0.1) is 0 Å². The molecule has 0 unspecified atom stereocenters. The van der Waals surface area contributed by atoms with Crippen molar-refractivity contribution in [1.29, 1.82) is 0 Å². The summed E-state index contributed by atoms with van der Waals surface area (Å²) in [4.78, 5) is 0. The number of nitrogens with zero attached hydrogens (tertiary/aromatic N) is 2. The quantitative estimate of drug-likeness (QED) is 0.769. The highest BCUT2D eigenvalue weighted by Gasteiger charge is 2.38. The number of rotatable bonds is 1. The number of halogens is 4. The Hall–Kier alpha value is -0.750. The predicted octanol–water partition coefficient (Wildman–Crippen LogP) is 1.55. The fraction of sp³-hybridized carbons (Fsp3) is 0.500. The van der Waals surface area contributed by atoms with Crippen LogP contribution in [0.15, 0.2) is 0 Å². The van der Waals surface area contributed by atoms with Crippen molar-refractivity contribution in [3.05, 3.63) is 16.4 Å². The van der Waals surface area contributed by atoms with Crippen LogP contribution in [0.4, 0.5) is 13.2 Å². The normalized spacial score (nSPS) is 12.2. The van der Waals surface area contributed by atoms with Crippen LogP contribution in [-0.2, 0) is 19.8 Å². The second-order valence-corrected chi connectivity index (χ2v) is 2.80. The van der Waals surface area contributed by atoms with Crippen LogP contribution >= 0.6 is 11.6 Å². The maximum Gasteiger partial charge on any atom is 0.435 e. The van der Waals surface area contributed by atoms with E-state index in [1.54, 1.807) is 0 Å². The van der Waals surface area contributed by atoms with Crippen LogP contribution < -0.4 is 5.73 Å². The molecule has 0 bridgehead atoms. The maximum atomic E-state index is 12.2. The summed E-state index contributed by atoms with van der Waals surface area (Å²) < 4.78 is 37.7. The van der Waals surface area contributed by atoms with Gasteiger partial charge in [0.2, 0.25) is 0 Å². The smallest absolute Gasteiger partial charge is 0.326 e. The van der Waals surface area contributed by atoms with Gasteiger partial charge >= 0.3 is 6.18 Å². The van der Waals surface area contributed by atoms with Gasteiger partial charge in [0.1, 0.15) is 5.15 Å². The van der Waals surface area contributed by atoms with Gasteiger partial charge in [0.15, 0.2) is 5.69 Å². The molecule has 0 saturated heterocycles. The summed E-state index contributed by atoms with van der Waals surface area (Å²) in [6.07, 6.45) is -4.50. The summed E-state index contributed by atoms with van der Waals surface area (Å²) in [5.74, 6) is 0. The van der Waals surface area contributed by atoms with Gasteiger partial charge in [-0.05, 0) is 0 Å². The SMILES string of the molecule is Cn1nc(C(F)(F)F)c(CN)c1Cl. The lowest BCUT2D eigenvalue weighted by molar-refractivity contribution is -0.142. The summed E-state index contributed by atoms with van der Waals surface area (Å²) >= 11 is 5.54. The van der Waals surface area contributed by atoms with E-state index in [1.165, 1.54) is 7.05 Å². The standard InChI is InChI=1S/C6H7ClF3N3/c1-13-5(7)3(2-11)4(12-13)6(8,9)10/h2,11H2,1H3. The van der Waals surface area contributed by atoms with Gasteiger partial charge in [-0.1, -0.05) is 11.6 Å². The number of nitrogens with two attached hydrogens (primary N) is 1. The van der Waals surface area contributed by atoms with E-state index in [1.807, 2.05) is 0 Å². The molecule has 3 nitrogen and oxygen atoms in total. The lowest BCUT2D eigenvalue weighted by Crippen LogP contribution is -2.11. The third-order valence-electron chi connectivity index (χ3n) is 1.54. The van der Waals surface area contributed by atoms with Crippen molar-refractivity contribution in [2.45, 2.75) is 12.7 Å². The van der Waals surface area contributed by atoms with Crippen LogP contribution in [0.1, 0.15) is 11.3 Å². The molecule has 0 aliphatic rings. The third-order valence-corrected chi connectivity index (χ3v) is 2.01. The average Bonchev–Trinajstić information content (AvgIpc) is 2.28. The van der Waals surface area contributed by atoms with Gasteiger partial charge in [-0.15, -0.1) is 0 Å². The van der Waals surface area contributed by atoms with E-state index in [0.29, 0.717) is 0 Å². The summed E-state index contributed by atoms with van der Waals surface area (Å²) in [5.41, 5.74) is 3.94. The minimum absolute atomic E-state index is 0.0742. The van der Waals surface area contributed by atoms with E-state index in [0.717, 1.165) is 4.68 Å². The summed E-state index contributed by atoms with van der Waals surface area (Å²) in [6.45, 7) is -0.276. The Kier molecular flexibility index (Phi) is 2.53. The van der Waals surface area contributed by atoms with Crippen LogP contribution in [0.5, 0.6) is 0 Å². The van der Waals surface area contributed by atoms with E-state index in [4.69, 9.17) is 17.3 Å². The number of aromatic nitrogens is 2. The van der Waals surface area contributed by atoms with Gasteiger partial charge in [0.25, 0.3) is 0 Å². The molecule has 1 rings (SSSR count). The molecule has 7 heteroatoms. The minimum Gasteiger partial charge on any atom is -0.326 e. The first-order chi connectivity index (χ1) is 5.88. The van der Waals surface area contributed by atoms with Crippen molar-refractivity contribution in [2.75, 3.05) is 0 Å². The monoisotopic (exact) mass is 213 g/mol. The molecule has 13 heavy (non-hydrogen) atoms. The van der Waals surface area contributed by atoms with Crippen molar-refractivity contribution in [3.8, 4) is 0 Å². The lowest BCUT2D eigenvalue weighted by atomic mass is 10.2. The first-order valence-electron chi connectivity index (χ1n) is 3.36. The Balaban J connectivity index is 3.30. The Labute approximate surface area is 77.3 Å². The van der Waals surface area contributed by atoms with Crippen molar-refractivity contribution in [2.24, 2.45) is 12.8 Å². The van der Waals surface area contributed by atoms with Gasteiger partial charge in [-0.3, -0.25) is 4.68 Å². The molecule has 0 saturated carbocycles. The maximum absolute atomic E-state index is 12.2. The molecule has 0 amide bonds. The fourth-order valence-electron chi connectivity index (χ4n) is 0.956. The van der Waals surface area contributed by atoms with Crippen LogP contribution in [0.3, 0.4) is 0 Å². The molecular weight excluding hydrogens is 207 g/mol. The Bertz CT molecular complexity index is 318. The van der Waals surface area contributed by atoms with Gasteiger partial charge in [-0.25, -0.2) is 0 Å². The van der Waals surface area contributed by atoms with E-state index in [-0.39, 0.29) is 17.3 Å². The highest BCUT2D eigenvalue weighted by atomic mass is 35.5. The molecule has 0 fully saturated rings. The van der Waals surface area contributed by atoms with E-state index in [9.17, 15) is 13.2 Å². The van der Waals surface area contributed by atoms with Gasteiger partial charge in [-0.2, -0.15) is 18.3 Å². The highest BCUT2D eigenvalue weighted by molar-refractivity contribution is 6.30. The summed E-state index contributed by atoms with van der Waals surface area (Å²) in [6, 6.07) is 0. The van der Waals surface area contributed by atoms with E-state index >= 15 is 0 Å². The predicted molar refractivity (Wildman–Crippen MR) is 41.1 cm³/mol. The number of alkyl halides is 3. The molecule has 1 heterocycles. The molecule has 0 radical (unpaired) electrons. The fourth-order valence-corrected chi connectivity index (χ4v) is 1.16. The van der Waals surface area contributed by atoms with E-state index in [2.05, 4.69) is 5.10 Å². The zero-order valence-electron chi connectivity index (χ0n) is 6.69. The van der Waals surface area contributed by atoms with E-state index < -0.39 is 11.9 Å². The Morgan fingerprint density at radius 2 is 2.08 bits per heavy atom. The Morgan fingerprint density at radius 3 is 2.38 bits per heavy atom. The average molecular weight is 214 g/mol. The molecule has 0 spiro atoms. The van der Waals surface area contributed by atoms with Gasteiger partial charge < -0.3 is 5.73 Å². The second kappa shape index (κ2) is 3.19. The minimum atomic E-state index is -4.50. The molecule has 1 aromatic heterocycles. The molecule has 0 aliphatic carbocycles. The van der Waals surface area contributed by atoms with Crippen molar-refractivity contribution in [3.63, 3.8) is 0 Å². The zero-order chi connectivity index (χ0) is 10.2. The molecule has 1 aromatic rings. The number of aryl methyl sites for hydroxylation is 1. The zero-order valence-corrected chi connectivity index (χ0v) is 7.45. The molecule has 2 N–H and O–H groups in total. The van der Waals surface area contributed by atoms with Crippen LogP contribution in [0.25, 0.3) is 0 Å². The first kappa shape index (κ1) is 10.3. The largest absolute Gasteiger partial charge is 0.435 e. The van der Waals surface area contributed by atoms with Gasteiger partial charge in [0, 0.05) is 19.2 Å². The molecular formula is C6H7ClF3N3. The molecule has 0 atom stereocenters. The molecule has 74 valence electrons. The second-order valence-electron chi connectivity index (χ2n) is 2.44. The summed E-state index contributed by atoms with van der Waals surface area (Å²) in [5, 5.41) is 3.16. The van der Waals surface area contributed by atoms with Crippen molar-refractivity contribution >= 4 is 11.6 Å². The molecule has 0 aliphatic heterocycles. The van der Waals surface area contributed by atoms with Gasteiger partial charge in [0.05, 0.1) is 0 Å². The number of hydrogen-bond acceptors (Lipinski definition) is 2. The summed E-state index contributed by atoms with van der Waals surface area (Å²) in [7, 11) is 1.33. The highest BCUT2D eigenvalue weighted by Crippen LogP contribution is 2.33. The first-order valence-corrected chi connectivity index (χ1v) is 3.74. The lowest BCUT2D eigenvalue weighted by Gasteiger charge is -2.03. The van der Waals surface area contributed by atoms with Crippen LogP contribution in [-0.4, -0.2) is 9.78 Å². The third kappa shape index (κ3) is 1.78. The molecule has 0 aromatic carbocycles. The Morgan fingerprint density at radius 1 is 1.54 bits per heavy atom.